The summed E-state index contributed by atoms with van der Waals surface area (Å²) in [5, 5.41) is 0. The molecule has 0 N–H and O–H groups in total. The highest BCUT2D eigenvalue weighted by atomic mass is 16.5. The molecule has 112 valence electrons. The van der Waals surface area contributed by atoms with Crippen LogP contribution in [0.3, 0.4) is 0 Å². The van der Waals surface area contributed by atoms with Gasteiger partial charge >= 0.3 is 5.97 Å². The zero-order chi connectivity index (χ0) is 14.9. The maximum Gasteiger partial charge on any atom is 0.302 e. The van der Waals surface area contributed by atoms with E-state index in [1.54, 1.807) is 0 Å². The van der Waals surface area contributed by atoms with Crippen LogP contribution in [0, 0.1) is 23.2 Å². The van der Waals surface area contributed by atoms with Crippen LogP contribution in [-0.4, -0.2) is 25.3 Å². The molecule has 20 heavy (non-hydrogen) atoms. The molecular formula is C17H26O3. The van der Waals surface area contributed by atoms with Crippen molar-refractivity contribution >= 4 is 5.97 Å². The Hall–Kier alpha value is -1.09. The second-order valence-electron chi connectivity index (χ2n) is 6.33. The lowest BCUT2D eigenvalue weighted by Crippen LogP contribution is -2.56. The van der Waals surface area contributed by atoms with Gasteiger partial charge < -0.3 is 9.47 Å². The van der Waals surface area contributed by atoms with Crippen LogP contribution in [0.4, 0.5) is 0 Å². The molecule has 2 rings (SSSR count). The zero-order valence-corrected chi connectivity index (χ0v) is 13.2. The summed E-state index contributed by atoms with van der Waals surface area (Å²) in [4.78, 5) is 11.2. The molecule has 1 fully saturated rings. The summed E-state index contributed by atoms with van der Waals surface area (Å²) < 4.78 is 11.5. The van der Waals surface area contributed by atoms with Crippen LogP contribution in [0.2, 0.25) is 0 Å². The number of hydrogen-bond donors (Lipinski definition) is 0. The molecule has 0 spiro atoms. The van der Waals surface area contributed by atoms with Crippen LogP contribution in [0.25, 0.3) is 0 Å². The largest absolute Gasteiger partial charge is 0.465 e. The van der Waals surface area contributed by atoms with Crippen molar-refractivity contribution in [1.82, 2.24) is 0 Å². The molecule has 0 aromatic carbocycles. The van der Waals surface area contributed by atoms with Gasteiger partial charge in [0.05, 0.1) is 19.3 Å². The summed E-state index contributed by atoms with van der Waals surface area (Å²) in [6, 6.07) is 0. The Bertz CT molecular complexity index is 438. The fourth-order valence-electron chi connectivity index (χ4n) is 3.91. The lowest BCUT2D eigenvalue weighted by Gasteiger charge is -2.54. The molecule has 2 bridgehead atoms. The van der Waals surface area contributed by atoms with Crippen LogP contribution >= 0.6 is 0 Å². The molecule has 3 nitrogen and oxygen atoms in total. The van der Waals surface area contributed by atoms with Crippen molar-refractivity contribution in [1.29, 1.82) is 0 Å². The van der Waals surface area contributed by atoms with E-state index in [1.807, 2.05) is 6.92 Å². The second-order valence-corrected chi connectivity index (χ2v) is 6.33. The van der Waals surface area contributed by atoms with E-state index >= 15 is 0 Å². The average Bonchev–Trinajstić information content (AvgIpc) is 2.36. The molecule has 3 heteroatoms. The van der Waals surface area contributed by atoms with Crippen LogP contribution in [0.1, 0.15) is 34.6 Å². The first-order chi connectivity index (χ1) is 9.42. The molecule has 0 radical (unpaired) electrons. The lowest BCUT2D eigenvalue weighted by atomic mass is 9.56. The number of carbonyl (C=O) groups excluding carboxylic acids is 1. The Morgan fingerprint density at radius 3 is 2.85 bits per heavy atom. The van der Waals surface area contributed by atoms with E-state index in [0.717, 1.165) is 0 Å². The summed E-state index contributed by atoms with van der Waals surface area (Å²) in [5.41, 5.74) is 1.31. The van der Waals surface area contributed by atoms with Gasteiger partial charge in [0, 0.05) is 18.3 Å². The first-order valence-electron chi connectivity index (χ1n) is 7.48. The van der Waals surface area contributed by atoms with Gasteiger partial charge in [-0.25, -0.2) is 0 Å². The first kappa shape index (κ1) is 15.3. The molecule has 0 unspecified atom stereocenters. The molecule has 2 aliphatic rings. The molecule has 1 aliphatic heterocycles. The third-order valence-electron chi connectivity index (χ3n) is 5.22. The Morgan fingerprint density at radius 2 is 2.25 bits per heavy atom. The molecule has 5 atom stereocenters. The summed E-state index contributed by atoms with van der Waals surface area (Å²) in [7, 11) is 0. The predicted molar refractivity (Wildman–Crippen MR) is 79.2 cm³/mol. The molecule has 0 aromatic heterocycles. The zero-order valence-electron chi connectivity index (χ0n) is 13.2. The minimum Gasteiger partial charge on any atom is -0.465 e. The van der Waals surface area contributed by atoms with Gasteiger partial charge in [0.25, 0.3) is 0 Å². The number of ether oxygens (including phenoxy) is 2. The molecule has 0 saturated carbocycles. The number of carbonyl (C=O) groups is 1. The number of esters is 1. The molecule has 1 aliphatic carbocycles. The van der Waals surface area contributed by atoms with E-state index in [1.165, 1.54) is 12.5 Å². The van der Waals surface area contributed by atoms with Crippen molar-refractivity contribution < 1.29 is 14.3 Å². The predicted octanol–water partition coefficient (Wildman–Crippen LogP) is 3.36. The summed E-state index contributed by atoms with van der Waals surface area (Å²) >= 11 is 0. The minimum absolute atomic E-state index is 0.0894. The maximum absolute atomic E-state index is 11.2. The Balaban J connectivity index is 2.32. The molecule has 1 heterocycles. The third kappa shape index (κ3) is 2.44. The van der Waals surface area contributed by atoms with E-state index in [9.17, 15) is 4.79 Å². The average molecular weight is 278 g/mol. The molecular weight excluding hydrogens is 252 g/mol. The van der Waals surface area contributed by atoms with Crippen molar-refractivity contribution in [3.63, 3.8) is 0 Å². The van der Waals surface area contributed by atoms with Gasteiger partial charge in [0.15, 0.2) is 0 Å². The van der Waals surface area contributed by atoms with Gasteiger partial charge in [-0.3, -0.25) is 4.79 Å². The fraction of sp³-hybridized carbons (Fsp3) is 0.706. The van der Waals surface area contributed by atoms with E-state index < -0.39 is 0 Å². The third-order valence-corrected chi connectivity index (χ3v) is 5.22. The minimum atomic E-state index is -0.211. The monoisotopic (exact) mass is 278 g/mol. The van der Waals surface area contributed by atoms with Crippen molar-refractivity contribution in [2.45, 2.75) is 40.7 Å². The van der Waals surface area contributed by atoms with Crippen molar-refractivity contribution in [3.05, 3.63) is 23.8 Å². The van der Waals surface area contributed by atoms with Gasteiger partial charge in [-0.05, 0) is 25.7 Å². The highest BCUT2D eigenvalue weighted by Crippen LogP contribution is 2.52. The Morgan fingerprint density at radius 1 is 1.55 bits per heavy atom. The Labute approximate surface area is 122 Å². The van der Waals surface area contributed by atoms with E-state index in [2.05, 4.69) is 39.0 Å². The summed E-state index contributed by atoms with van der Waals surface area (Å²) in [6.07, 6.45) is 6.68. The maximum atomic E-state index is 11.2. The van der Waals surface area contributed by atoms with Gasteiger partial charge in [-0.15, -0.1) is 0 Å². The quantitative estimate of drug-likeness (QED) is 0.586. The van der Waals surface area contributed by atoms with E-state index in [0.29, 0.717) is 31.0 Å². The van der Waals surface area contributed by atoms with Crippen LogP contribution < -0.4 is 0 Å². The number of allylic oxidation sites excluding steroid dienone is 2. The summed E-state index contributed by atoms with van der Waals surface area (Å²) in [6.45, 7) is 11.3. The lowest BCUT2D eigenvalue weighted by molar-refractivity contribution is -0.171. The molecule has 0 amide bonds. The highest BCUT2D eigenvalue weighted by Gasteiger charge is 2.53. The second kappa shape index (κ2) is 5.72. The standard InChI is InChI=1S/C17H26O3/c1-6-7-15-16-11(2)8-12(3)17(10-20-15,13(16)4)9-19-14(5)18/h6-8,12-13,15-16H,9-10H2,1-5H3/b7-6+/t12-,13+,15-,16+,17+/m1/s1. The van der Waals surface area contributed by atoms with E-state index in [-0.39, 0.29) is 17.5 Å². The fourth-order valence-corrected chi connectivity index (χ4v) is 3.91. The van der Waals surface area contributed by atoms with Gasteiger partial charge in [-0.1, -0.05) is 37.6 Å². The van der Waals surface area contributed by atoms with Crippen LogP contribution in [0.5, 0.6) is 0 Å². The number of rotatable bonds is 3. The van der Waals surface area contributed by atoms with Crippen molar-refractivity contribution in [2.24, 2.45) is 23.2 Å². The molecule has 0 aromatic rings. The van der Waals surface area contributed by atoms with E-state index in [4.69, 9.17) is 9.47 Å². The Kier molecular flexibility index (Phi) is 4.38. The van der Waals surface area contributed by atoms with Gasteiger partial charge in [0.2, 0.25) is 0 Å². The SMILES string of the molecule is C/C=C/[C@H]1OC[C@@]2(COC(C)=O)[C@H](C)C=C(C)[C@H]1[C@@H]2C. The summed E-state index contributed by atoms with van der Waals surface area (Å²) in [5.74, 6) is 0.973. The van der Waals surface area contributed by atoms with Gasteiger partial charge in [-0.2, -0.15) is 0 Å². The van der Waals surface area contributed by atoms with Crippen molar-refractivity contribution in [3.8, 4) is 0 Å². The van der Waals surface area contributed by atoms with Crippen molar-refractivity contribution in [2.75, 3.05) is 13.2 Å². The topological polar surface area (TPSA) is 35.5 Å². The van der Waals surface area contributed by atoms with Crippen LogP contribution in [-0.2, 0) is 14.3 Å². The van der Waals surface area contributed by atoms with Gasteiger partial charge in [0.1, 0.15) is 0 Å². The smallest absolute Gasteiger partial charge is 0.302 e. The highest BCUT2D eigenvalue weighted by molar-refractivity contribution is 5.65. The van der Waals surface area contributed by atoms with Crippen LogP contribution in [0.15, 0.2) is 23.8 Å². The molecule has 1 saturated heterocycles. The first-order valence-corrected chi connectivity index (χ1v) is 7.48. The number of fused-ring (bicyclic) bond motifs is 2. The number of hydrogen-bond acceptors (Lipinski definition) is 3. The normalized spacial score (nSPS) is 40.5.